The number of pyridine rings is 1. The second kappa shape index (κ2) is 10.6. The van der Waals surface area contributed by atoms with Crippen molar-refractivity contribution in [1.82, 2.24) is 19.4 Å². The summed E-state index contributed by atoms with van der Waals surface area (Å²) in [4.78, 5) is 14.3. The number of aromatic nitrogens is 4. The number of benzene rings is 3. The van der Waals surface area contributed by atoms with Gasteiger partial charge in [-0.05, 0) is 72.3 Å². The van der Waals surface area contributed by atoms with Gasteiger partial charge in [0.25, 0.3) is 0 Å². The van der Waals surface area contributed by atoms with Crippen LogP contribution < -0.4 is 10.1 Å². The number of anilines is 2. The Bertz CT molecular complexity index is 1890. The highest BCUT2D eigenvalue weighted by Crippen LogP contribution is 2.33. The molecule has 3 aromatic heterocycles. The molecule has 3 aromatic carbocycles. The van der Waals surface area contributed by atoms with Gasteiger partial charge < -0.3 is 10.1 Å². The molecule has 0 amide bonds. The van der Waals surface area contributed by atoms with Gasteiger partial charge in [0.1, 0.15) is 18.0 Å². The Morgan fingerprint density at radius 1 is 0.825 bits per heavy atom. The fourth-order valence-electron chi connectivity index (χ4n) is 4.36. The molecular formula is C31H25N5O3S. The lowest BCUT2D eigenvalue weighted by Crippen LogP contribution is -2.01. The van der Waals surface area contributed by atoms with Crippen LogP contribution in [0.5, 0.6) is 5.75 Å². The number of fused-ring (bicyclic) bond motifs is 1. The largest absolute Gasteiger partial charge is 0.489 e. The summed E-state index contributed by atoms with van der Waals surface area (Å²) in [5, 5.41) is 3.16. The zero-order valence-corrected chi connectivity index (χ0v) is 22.4. The van der Waals surface area contributed by atoms with Gasteiger partial charge in [0.2, 0.25) is 5.95 Å². The average molecular weight is 548 g/mol. The SMILES string of the molecule is CS(=O)(=O)c1ccc(Nc2nccc(-c3c(-c4ccc(OCc5ccccc5)cc4)nc4ccccn34)n2)cc1. The summed E-state index contributed by atoms with van der Waals surface area (Å²) in [6.07, 6.45) is 4.82. The molecular weight excluding hydrogens is 522 g/mol. The van der Waals surface area contributed by atoms with Crippen LogP contribution in [0.3, 0.4) is 0 Å². The van der Waals surface area contributed by atoms with Crippen LogP contribution in [0.2, 0.25) is 0 Å². The molecule has 0 spiro atoms. The summed E-state index contributed by atoms with van der Waals surface area (Å²) in [6.45, 7) is 0.494. The minimum atomic E-state index is -3.28. The Labute approximate surface area is 231 Å². The average Bonchev–Trinajstić information content (AvgIpc) is 3.37. The van der Waals surface area contributed by atoms with Crippen LogP contribution in [0.15, 0.2) is 120 Å². The van der Waals surface area contributed by atoms with Crippen molar-refractivity contribution in [2.75, 3.05) is 11.6 Å². The molecule has 0 saturated heterocycles. The third kappa shape index (κ3) is 5.41. The normalized spacial score (nSPS) is 11.4. The summed E-state index contributed by atoms with van der Waals surface area (Å²) < 4.78 is 31.5. The summed E-state index contributed by atoms with van der Waals surface area (Å²) in [7, 11) is -3.28. The number of nitrogens with zero attached hydrogens (tertiary/aromatic N) is 4. The van der Waals surface area contributed by atoms with E-state index in [-0.39, 0.29) is 4.90 Å². The van der Waals surface area contributed by atoms with Gasteiger partial charge in [-0.1, -0.05) is 36.4 Å². The van der Waals surface area contributed by atoms with Gasteiger partial charge in [-0.3, -0.25) is 4.40 Å². The zero-order chi connectivity index (χ0) is 27.5. The van der Waals surface area contributed by atoms with Gasteiger partial charge in [0, 0.05) is 29.9 Å². The quantitative estimate of drug-likeness (QED) is 0.243. The van der Waals surface area contributed by atoms with Gasteiger partial charge in [0.05, 0.1) is 22.0 Å². The van der Waals surface area contributed by atoms with Crippen molar-refractivity contribution in [1.29, 1.82) is 0 Å². The van der Waals surface area contributed by atoms with Gasteiger partial charge in [-0.25, -0.2) is 23.4 Å². The van der Waals surface area contributed by atoms with Crippen molar-refractivity contribution in [3.05, 3.63) is 121 Å². The molecule has 0 aliphatic heterocycles. The first-order valence-corrected chi connectivity index (χ1v) is 14.5. The predicted molar refractivity (Wildman–Crippen MR) is 155 cm³/mol. The number of rotatable bonds is 8. The smallest absolute Gasteiger partial charge is 0.227 e. The molecule has 198 valence electrons. The van der Waals surface area contributed by atoms with E-state index >= 15 is 0 Å². The molecule has 0 saturated carbocycles. The summed E-state index contributed by atoms with van der Waals surface area (Å²) in [5.41, 5.74) is 5.79. The van der Waals surface area contributed by atoms with Crippen LogP contribution in [-0.2, 0) is 16.4 Å². The maximum absolute atomic E-state index is 11.8. The highest BCUT2D eigenvalue weighted by molar-refractivity contribution is 7.90. The molecule has 40 heavy (non-hydrogen) atoms. The molecule has 0 bridgehead atoms. The molecule has 6 aromatic rings. The number of sulfone groups is 1. The number of hydrogen-bond donors (Lipinski definition) is 1. The van der Waals surface area contributed by atoms with Crippen molar-refractivity contribution in [2.24, 2.45) is 0 Å². The highest BCUT2D eigenvalue weighted by atomic mass is 32.2. The molecule has 8 nitrogen and oxygen atoms in total. The lowest BCUT2D eigenvalue weighted by Gasteiger charge is -2.10. The third-order valence-electron chi connectivity index (χ3n) is 6.34. The van der Waals surface area contributed by atoms with E-state index in [1.165, 1.54) is 6.26 Å². The maximum Gasteiger partial charge on any atom is 0.227 e. The van der Waals surface area contributed by atoms with Gasteiger partial charge in [-0.2, -0.15) is 0 Å². The number of hydrogen-bond acceptors (Lipinski definition) is 7. The van der Waals surface area contributed by atoms with Crippen LogP contribution in [0.4, 0.5) is 11.6 Å². The first-order valence-electron chi connectivity index (χ1n) is 12.6. The minimum Gasteiger partial charge on any atom is -0.489 e. The molecule has 0 atom stereocenters. The number of ether oxygens (including phenoxy) is 1. The van der Waals surface area contributed by atoms with E-state index in [4.69, 9.17) is 14.7 Å². The van der Waals surface area contributed by atoms with Crippen molar-refractivity contribution >= 4 is 27.1 Å². The third-order valence-corrected chi connectivity index (χ3v) is 7.47. The molecule has 0 aliphatic carbocycles. The Hall–Kier alpha value is -5.02. The van der Waals surface area contributed by atoms with Crippen molar-refractivity contribution < 1.29 is 13.2 Å². The monoisotopic (exact) mass is 547 g/mol. The zero-order valence-electron chi connectivity index (χ0n) is 21.6. The lowest BCUT2D eigenvalue weighted by atomic mass is 10.1. The first kappa shape index (κ1) is 25.3. The van der Waals surface area contributed by atoms with Crippen molar-refractivity contribution in [2.45, 2.75) is 11.5 Å². The van der Waals surface area contributed by atoms with Crippen LogP contribution in [-0.4, -0.2) is 34.0 Å². The van der Waals surface area contributed by atoms with Crippen LogP contribution in [0.1, 0.15) is 5.56 Å². The van der Waals surface area contributed by atoms with E-state index in [2.05, 4.69) is 10.3 Å². The van der Waals surface area contributed by atoms with E-state index in [9.17, 15) is 8.42 Å². The Kier molecular flexibility index (Phi) is 6.71. The van der Waals surface area contributed by atoms with Gasteiger partial charge in [-0.15, -0.1) is 0 Å². The molecule has 1 N–H and O–H groups in total. The summed E-state index contributed by atoms with van der Waals surface area (Å²) >= 11 is 0. The van der Waals surface area contributed by atoms with Crippen LogP contribution >= 0.6 is 0 Å². The molecule has 0 fully saturated rings. The molecule has 6 rings (SSSR count). The Balaban J connectivity index is 1.31. The van der Waals surface area contributed by atoms with E-state index < -0.39 is 9.84 Å². The number of nitrogens with one attached hydrogen (secondary N) is 1. The van der Waals surface area contributed by atoms with E-state index in [1.54, 1.807) is 30.5 Å². The Morgan fingerprint density at radius 3 is 2.33 bits per heavy atom. The van der Waals surface area contributed by atoms with Gasteiger partial charge >= 0.3 is 0 Å². The molecule has 0 unspecified atom stereocenters. The van der Waals surface area contributed by atoms with E-state index in [1.807, 2.05) is 89.5 Å². The second-order valence-electron chi connectivity index (χ2n) is 9.22. The fraction of sp³-hybridized carbons (Fsp3) is 0.0645. The van der Waals surface area contributed by atoms with Crippen LogP contribution in [0, 0.1) is 0 Å². The Morgan fingerprint density at radius 2 is 1.57 bits per heavy atom. The standard InChI is InChI=1S/C31H25N5O3S/c1-40(37,38)26-16-12-24(13-17-26)33-31-32-19-18-27(34-31)30-29(35-28-9-5-6-20-36(28)30)23-10-14-25(15-11-23)39-21-22-7-3-2-4-8-22/h2-20H,21H2,1H3,(H,32,33,34). The van der Waals surface area contributed by atoms with Gasteiger partial charge in [0.15, 0.2) is 9.84 Å². The predicted octanol–water partition coefficient (Wildman–Crippen LogP) is 6.18. The highest BCUT2D eigenvalue weighted by Gasteiger charge is 2.18. The first-order chi connectivity index (χ1) is 19.4. The molecule has 3 heterocycles. The minimum absolute atomic E-state index is 0.250. The van der Waals surface area contributed by atoms with Crippen LogP contribution in [0.25, 0.3) is 28.3 Å². The van der Waals surface area contributed by atoms with Crippen molar-refractivity contribution in [3.63, 3.8) is 0 Å². The second-order valence-corrected chi connectivity index (χ2v) is 11.2. The molecule has 9 heteroatoms. The summed E-state index contributed by atoms with van der Waals surface area (Å²) in [6, 6.07) is 32.1. The number of imidazole rings is 1. The maximum atomic E-state index is 11.8. The van der Waals surface area contributed by atoms with Crippen molar-refractivity contribution in [3.8, 4) is 28.4 Å². The summed E-state index contributed by atoms with van der Waals surface area (Å²) in [5.74, 6) is 1.15. The van der Waals surface area contributed by atoms with E-state index in [0.717, 1.165) is 33.9 Å². The topological polar surface area (TPSA) is 98.5 Å². The van der Waals surface area contributed by atoms with E-state index in [0.29, 0.717) is 23.9 Å². The molecule has 0 aliphatic rings. The lowest BCUT2D eigenvalue weighted by molar-refractivity contribution is 0.306. The fourth-order valence-corrected chi connectivity index (χ4v) is 4.99. The molecule has 0 radical (unpaired) electrons.